The van der Waals surface area contributed by atoms with E-state index in [0.29, 0.717) is 40.7 Å². The van der Waals surface area contributed by atoms with E-state index in [9.17, 15) is 9.59 Å². The molecule has 29 heavy (non-hydrogen) atoms. The largest absolute Gasteiger partial charge is 0.493 e. The Hall–Kier alpha value is -2.90. The number of hydrogen-bond donors (Lipinski definition) is 2. The van der Waals surface area contributed by atoms with Crippen LogP contribution in [0.15, 0.2) is 23.4 Å². The zero-order chi connectivity index (χ0) is 21.6. The lowest BCUT2D eigenvalue weighted by molar-refractivity contribution is -0.139. The van der Waals surface area contributed by atoms with E-state index in [1.165, 1.54) is 14.2 Å². The molecule has 1 unspecified atom stereocenters. The third-order valence-corrected chi connectivity index (χ3v) is 4.44. The molecule has 1 heterocycles. The topological polar surface area (TPSA) is 95.1 Å². The molecule has 8 nitrogen and oxygen atoms in total. The maximum atomic E-state index is 12.8. The number of esters is 1. The van der Waals surface area contributed by atoms with Crippen molar-refractivity contribution in [2.24, 2.45) is 5.92 Å². The quantitative estimate of drug-likeness (QED) is 0.611. The number of allylic oxidation sites excluding steroid dienone is 1. The van der Waals surface area contributed by atoms with Crippen LogP contribution in [0.3, 0.4) is 0 Å². The third kappa shape index (κ3) is 4.93. The van der Waals surface area contributed by atoms with Gasteiger partial charge in [-0.05, 0) is 37.0 Å². The van der Waals surface area contributed by atoms with E-state index < -0.39 is 18.0 Å². The summed E-state index contributed by atoms with van der Waals surface area (Å²) in [5, 5.41) is 5.55. The van der Waals surface area contributed by atoms with Crippen molar-refractivity contribution in [2.45, 2.75) is 40.2 Å². The second-order valence-corrected chi connectivity index (χ2v) is 6.84. The molecule has 0 bridgehead atoms. The van der Waals surface area contributed by atoms with Gasteiger partial charge in [0.05, 0.1) is 39.0 Å². The van der Waals surface area contributed by atoms with Gasteiger partial charge in [-0.3, -0.25) is 0 Å². The molecule has 1 aliphatic rings. The number of ether oxygens (including phenoxy) is 4. The van der Waals surface area contributed by atoms with Crippen molar-refractivity contribution in [2.75, 3.05) is 27.4 Å². The zero-order valence-corrected chi connectivity index (χ0v) is 17.9. The molecule has 0 saturated heterocycles. The number of nitrogens with one attached hydrogen (secondary N) is 2. The summed E-state index contributed by atoms with van der Waals surface area (Å²) in [6.45, 7) is 8.28. The second kappa shape index (κ2) is 10.0. The van der Waals surface area contributed by atoms with Crippen LogP contribution in [0.1, 0.15) is 45.7 Å². The number of benzene rings is 1. The Bertz CT molecular complexity index is 762. The highest BCUT2D eigenvalue weighted by molar-refractivity contribution is 5.95. The van der Waals surface area contributed by atoms with E-state index in [-0.39, 0.29) is 12.5 Å². The molecule has 8 heteroatoms. The molecule has 0 aromatic heterocycles. The lowest BCUT2D eigenvalue weighted by Gasteiger charge is -2.31. The van der Waals surface area contributed by atoms with Crippen LogP contribution in [0.4, 0.5) is 4.79 Å². The molecule has 2 rings (SSSR count). The van der Waals surface area contributed by atoms with E-state index in [1.807, 2.05) is 20.8 Å². The fourth-order valence-electron chi connectivity index (χ4n) is 3.14. The van der Waals surface area contributed by atoms with Gasteiger partial charge in [-0.1, -0.05) is 20.8 Å². The predicted molar refractivity (Wildman–Crippen MR) is 108 cm³/mol. The van der Waals surface area contributed by atoms with Gasteiger partial charge < -0.3 is 29.6 Å². The predicted octanol–water partition coefficient (Wildman–Crippen LogP) is 3.32. The first kappa shape index (κ1) is 22.4. The van der Waals surface area contributed by atoms with Crippen LogP contribution in [0.25, 0.3) is 0 Å². The second-order valence-electron chi connectivity index (χ2n) is 6.84. The minimum atomic E-state index is -0.719. The Morgan fingerprint density at radius 1 is 1.14 bits per heavy atom. The molecule has 1 aromatic rings. The monoisotopic (exact) mass is 406 g/mol. The summed E-state index contributed by atoms with van der Waals surface area (Å²) >= 11 is 0. The number of carbonyl (C=O) groups excluding carboxylic acids is 2. The molecule has 1 aromatic carbocycles. The summed E-state index contributed by atoms with van der Waals surface area (Å²) < 4.78 is 22.0. The van der Waals surface area contributed by atoms with E-state index in [2.05, 4.69) is 10.6 Å². The van der Waals surface area contributed by atoms with Crippen molar-refractivity contribution in [1.82, 2.24) is 10.6 Å². The third-order valence-electron chi connectivity index (χ3n) is 4.44. The van der Waals surface area contributed by atoms with Crippen molar-refractivity contribution < 1.29 is 28.5 Å². The fourth-order valence-corrected chi connectivity index (χ4v) is 3.14. The van der Waals surface area contributed by atoms with E-state index >= 15 is 0 Å². The molecule has 160 valence electrons. The van der Waals surface area contributed by atoms with E-state index in [0.717, 1.165) is 6.42 Å². The first-order valence-electron chi connectivity index (χ1n) is 9.75. The molecule has 1 aliphatic heterocycles. The summed E-state index contributed by atoms with van der Waals surface area (Å²) in [5.74, 6) is 0.813. The van der Waals surface area contributed by atoms with Crippen LogP contribution >= 0.6 is 0 Å². The average molecular weight is 406 g/mol. The minimum Gasteiger partial charge on any atom is -0.493 e. The maximum absolute atomic E-state index is 12.8. The Balaban J connectivity index is 2.63. The highest BCUT2D eigenvalue weighted by Crippen LogP contribution is 2.42. The average Bonchev–Trinajstić information content (AvgIpc) is 2.70. The summed E-state index contributed by atoms with van der Waals surface area (Å²) in [6, 6.07) is 2.36. The first-order chi connectivity index (χ1) is 13.9. The van der Waals surface area contributed by atoms with E-state index in [1.54, 1.807) is 19.1 Å². The van der Waals surface area contributed by atoms with Crippen molar-refractivity contribution in [3.63, 3.8) is 0 Å². The number of methoxy groups -OCH3 is 2. The van der Waals surface area contributed by atoms with Crippen LogP contribution in [0.2, 0.25) is 0 Å². The van der Waals surface area contributed by atoms with Crippen molar-refractivity contribution in [3.05, 3.63) is 29.0 Å². The number of hydrogen-bond acceptors (Lipinski definition) is 6. The molecule has 2 N–H and O–H groups in total. The van der Waals surface area contributed by atoms with Crippen LogP contribution in [0.5, 0.6) is 17.2 Å². The Kier molecular flexibility index (Phi) is 7.75. The van der Waals surface area contributed by atoms with Crippen molar-refractivity contribution in [3.8, 4) is 17.2 Å². The van der Waals surface area contributed by atoms with Gasteiger partial charge in [0.15, 0.2) is 11.5 Å². The Morgan fingerprint density at radius 2 is 1.76 bits per heavy atom. The minimum absolute atomic E-state index is 0.0843. The summed E-state index contributed by atoms with van der Waals surface area (Å²) in [4.78, 5) is 25.1. The number of amides is 2. The summed E-state index contributed by atoms with van der Waals surface area (Å²) in [6.07, 6.45) is 0.825. The fraction of sp³-hybridized carbons (Fsp3) is 0.524. The van der Waals surface area contributed by atoms with Crippen LogP contribution in [0, 0.1) is 5.92 Å². The normalized spacial score (nSPS) is 16.2. The zero-order valence-electron chi connectivity index (χ0n) is 17.9. The van der Waals surface area contributed by atoms with Crippen molar-refractivity contribution in [1.29, 1.82) is 0 Å². The first-order valence-corrected chi connectivity index (χ1v) is 9.75. The van der Waals surface area contributed by atoms with Gasteiger partial charge in [-0.2, -0.15) is 0 Å². The van der Waals surface area contributed by atoms with Crippen molar-refractivity contribution >= 4 is 12.0 Å². The van der Waals surface area contributed by atoms with Crippen LogP contribution in [-0.4, -0.2) is 39.4 Å². The highest BCUT2D eigenvalue weighted by atomic mass is 16.5. The summed E-state index contributed by atoms with van der Waals surface area (Å²) in [5.41, 5.74) is 1.51. The number of urea groups is 1. The smallest absolute Gasteiger partial charge is 0.338 e. The maximum Gasteiger partial charge on any atom is 0.338 e. The number of carbonyl (C=O) groups is 2. The van der Waals surface area contributed by atoms with E-state index in [4.69, 9.17) is 18.9 Å². The Morgan fingerprint density at radius 3 is 2.24 bits per heavy atom. The van der Waals surface area contributed by atoms with Gasteiger partial charge in [0.1, 0.15) is 0 Å². The standard InChI is InChI=1S/C21H30N2O6/c1-7-9-29-19-14(26-5)10-13(11-15(19)27-6)18-16(20(24)28-8-2)17(12(3)4)22-21(25)23-18/h10-12,18H,7-9H2,1-6H3,(H2,22,23,25). The molecular formula is C21H30N2O6. The molecule has 0 fully saturated rings. The molecule has 2 amide bonds. The van der Waals surface area contributed by atoms with Gasteiger partial charge in [0.25, 0.3) is 0 Å². The Labute approximate surface area is 171 Å². The van der Waals surface area contributed by atoms with Gasteiger partial charge >= 0.3 is 12.0 Å². The molecule has 0 aliphatic carbocycles. The number of rotatable bonds is 9. The van der Waals surface area contributed by atoms with Gasteiger partial charge in [0.2, 0.25) is 5.75 Å². The molecular weight excluding hydrogens is 376 g/mol. The molecule has 0 radical (unpaired) electrons. The lowest BCUT2D eigenvalue weighted by atomic mass is 9.91. The molecule has 0 saturated carbocycles. The SMILES string of the molecule is CCCOc1c(OC)cc(C2NC(=O)NC(C(C)C)=C2C(=O)OCC)cc1OC. The molecule has 1 atom stereocenters. The lowest BCUT2D eigenvalue weighted by Crippen LogP contribution is -2.47. The highest BCUT2D eigenvalue weighted by Gasteiger charge is 2.35. The van der Waals surface area contributed by atoms with Gasteiger partial charge in [0, 0.05) is 5.70 Å². The van der Waals surface area contributed by atoms with Gasteiger partial charge in [-0.25, -0.2) is 9.59 Å². The summed E-state index contributed by atoms with van der Waals surface area (Å²) in [7, 11) is 3.06. The van der Waals surface area contributed by atoms with Crippen LogP contribution in [-0.2, 0) is 9.53 Å². The van der Waals surface area contributed by atoms with Gasteiger partial charge in [-0.15, -0.1) is 0 Å². The van der Waals surface area contributed by atoms with Crippen LogP contribution < -0.4 is 24.8 Å². The molecule has 0 spiro atoms.